The molecule has 0 radical (unpaired) electrons. The quantitative estimate of drug-likeness (QED) is 0.336. The number of rotatable bonds is 9. The van der Waals surface area contributed by atoms with E-state index in [9.17, 15) is 9.90 Å². The minimum Gasteiger partial charge on any atom is -0.489 e. The molecule has 1 heterocycles. The fraction of sp³-hybridized carbons (Fsp3) is 0.516. The van der Waals surface area contributed by atoms with E-state index < -0.39 is 5.60 Å². The summed E-state index contributed by atoms with van der Waals surface area (Å²) in [6, 6.07) is 13.0. The van der Waals surface area contributed by atoms with E-state index in [0.717, 1.165) is 41.7 Å². The molecule has 2 aromatic carbocycles. The summed E-state index contributed by atoms with van der Waals surface area (Å²) in [5.74, 6) is 6.99. The summed E-state index contributed by atoms with van der Waals surface area (Å²) in [4.78, 5) is 11.3. The highest BCUT2D eigenvalue weighted by Gasteiger charge is 2.32. The first-order chi connectivity index (χ1) is 16.7. The van der Waals surface area contributed by atoms with Gasteiger partial charge in [0.1, 0.15) is 24.1 Å². The fourth-order valence-electron chi connectivity index (χ4n) is 4.94. The van der Waals surface area contributed by atoms with Crippen molar-refractivity contribution in [2.75, 3.05) is 6.61 Å². The Morgan fingerprint density at radius 3 is 2.11 bits per heavy atom. The van der Waals surface area contributed by atoms with Gasteiger partial charge in [-0.2, -0.15) is 0 Å². The zero-order valence-electron chi connectivity index (χ0n) is 22.2. The van der Waals surface area contributed by atoms with Crippen LogP contribution in [0.4, 0.5) is 0 Å². The van der Waals surface area contributed by atoms with Gasteiger partial charge in [-0.3, -0.25) is 4.79 Å². The fourth-order valence-corrected chi connectivity index (χ4v) is 4.94. The number of benzene rings is 2. The van der Waals surface area contributed by atoms with Gasteiger partial charge in [0.25, 0.3) is 0 Å². The second-order valence-corrected chi connectivity index (χ2v) is 9.75. The van der Waals surface area contributed by atoms with Gasteiger partial charge in [-0.15, -0.1) is 0 Å². The number of hydrogen-bond acceptors (Lipinski definition) is 4. The summed E-state index contributed by atoms with van der Waals surface area (Å²) in [5, 5.41) is 10.5. The standard InChI is InChI=1S/C31H40O4/c1-7-30(33,8-2)18-17-24-11-12-25(19-22(24)5)31(9-3,10-4)26-13-15-28(23(6)20-26)34-21-27-14-16-29(32)35-27/h11-13,15,19-20,27,33H,7-10,14,16,21H2,1-6H3. The van der Waals surface area contributed by atoms with Crippen molar-refractivity contribution < 1.29 is 19.4 Å². The number of hydrogen-bond donors (Lipinski definition) is 1. The van der Waals surface area contributed by atoms with Crippen LogP contribution in [0.3, 0.4) is 0 Å². The minimum atomic E-state index is -0.928. The molecule has 1 saturated heterocycles. The number of aryl methyl sites for hydroxylation is 2. The van der Waals surface area contributed by atoms with Crippen LogP contribution in [0.1, 0.15) is 94.0 Å². The normalized spacial score (nSPS) is 16.0. The predicted molar refractivity (Wildman–Crippen MR) is 141 cm³/mol. The number of carbonyl (C=O) groups excluding carboxylic acids is 1. The number of carbonyl (C=O) groups is 1. The van der Waals surface area contributed by atoms with Gasteiger partial charge in [-0.1, -0.05) is 63.8 Å². The van der Waals surface area contributed by atoms with Gasteiger partial charge < -0.3 is 14.6 Å². The molecular formula is C31H40O4. The van der Waals surface area contributed by atoms with Crippen LogP contribution in [-0.2, 0) is 14.9 Å². The van der Waals surface area contributed by atoms with Crippen molar-refractivity contribution in [3.8, 4) is 17.6 Å². The molecule has 4 heteroatoms. The summed E-state index contributed by atoms with van der Waals surface area (Å²) in [6.45, 7) is 13.0. The molecule has 1 atom stereocenters. The Bertz CT molecular complexity index is 1100. The molecule has 4 nitrogen and oxygen atoms in total. The molecule has 0 aliphatic carbocycles. The van der Waals surface area contributed by atoms with Gasteiger partial charge >= 0.3 is 5.97 Å². The van der Waals surface area contributed by atoms with E-state index in [1.54, 1.807) is 0 Å². The van der Waals surface area contributed by atoms with Crippen LogP contribution < -0.4 is 4.74 Å². The summed E-state index contributed by atoms with van der Waals surface area (Å²) < 4.78 is 11.3. The summed E-state index contributed by atoms with van der Waals surface area (Å²) in [5.41, 5.74) is 4.66. The van der Waals surface area contributed by atoms with Crippen molar-refractivity contribution in [1.29, 1.82) is 0 Å². The zero-order chi connectivity index (χ0) is 25.6. The Kier molecular flexibility index (Phi) is 8.67. The molecule has 1 unspecified atom stereocenters. The van der Waals surface area contributed by atoms with Crippen molar-refractivity contribution in [2.45, 2.75) is 97.2 Å². The van der Waals surface area contributed by atoms with Crippen LogP contribution >= 0.6 is 0 Å². The Morgan fingerprint density at radius 1 is 0.971 bits per heavy atom. The second-order valence-electron chi connectivity index (χ2n) is 9.75. The molecular weight excluding hydrogens is 436 g/mol. The van der Waals surface area contributed by atoms with Gasteiger partial charge in [-0.25, -0.2) is 0 Å². The molecule has 0 saturated carbocycles. The molecule has 188 valence electrons. The average molecular weight is 477 g/mol. The maximum Gasteiger partial charge on any atom is 0.306 e. The van der Waals surface area contributed by atoms with Crippen LogP contribution in [-0.4, -0.2) is 29.4 Å². The largest absolute Gasteiger partial charge is 0.489 e. The van der Waals surface area contributed by atoms with Crippen LogP contribution in [0.2, 0.25) is 0 Å². The lowest BCUT2D eigenvalue weighted by Gasteiger charge is -2.34. The van der Waals surface area contributed by atoms with Crippen molar-refractivity contribution in [2.24, 2.45) is 0 Å². The highest BCUT2D eigenvalue weighted by Crippen LogP contribution is 2.41. The lowest BCUT2D eigenvalue weighted by molar-refractivity contribution is -0.142. The average Bonchev–Trinajstić information content (AvgIpc) is 3.28. The number of cyclic esters (lactones) is 1. The Hall–Kier alpha value is -2.77. The van der Waals surface area contributed by atoms with E-state index >= 15 is 0 Å². The molecule has 1 aliphatic heterocycles. The van der Waals surface area contributed by atoms with E-state index in [1.165, 1.54) is 11.1 Å². The maximum absolute atomic E-state index is 11.3. The minimum absolute atomic E-state index is 0.117. The number of esters is 1. The molecule has 0 aromatic heterocycles. The predicted octanol–water partition coefficient (Wildman–Crippen LogP) is 6.40. The van der Waals surface area contributed by atoms with Crippen LogP contribution in [0.15, 0.2) is 36.4 Å². The molecule has 1 N–H and O–H groups in total. The highest BCUT2D eigenvalue weighted by atomic mass is 16.6. The van der Waals surface area contributed by atoms with Gasteiger partial charge in [-0.05, 0) is 80.3 Å². The van der Waals surface area contributed by atoms with Crippen LogP contribution in [0.25, 0.3) is 0 Å². The van der Waals surface area contributed by atoms with E-state index in [4.69, 9.17) is 9.47 Å². The van der Waals surface area contributed by atoms with Crippen molar-refractivity contribution in [1.82, 2.24) is 0 Å². The molecule has 0 bridgehead atoms. The first-order valence-electron chi connectivity index (χ1n) is 13.0. The molecule has 1 aliphatic rings. The second kappa shape index (κ2) is 11.3. The third-order valence-electron chi connectivity index (χ3n) is 7.71. The SMILES string of the molecule is CCC(O)(C#Cc1ccc(C(CC)(CC)c2ccc(OCC3CCC(=O)O3)c(C)c2)cc1C)CC. The lowest BCUT2D eigenvalue weighted by Crippen LogP contribution is -2.26. The monoisotopic (exact) mass is 476 g/mol. The first-order valence-corrected chi connectivity index (χ1v) is 13.0. The summed E-state index contributed by atoms with van der Waals surface area (Å²) >= 11 is 0. The van der Waals surface area contributed by atoms with E-state index in [1.807, 2.05) is 19.9 Å². The summed E-state index contributed by atoms with van der Waals surface area (Å²) in [6.07, 6.45) is 4.22. The Balaban J connectivity index is 1.87. The zero-order valence-corrected chi connectivity index (χ0v) is 22.2. The van der Waals surface area contributed by atoms with Gasteiger partial charge in [0.2, 0.25) is 0 Å². The van der Waals surface area contributed by atoms with E-state index in [0.29, 0.717) is 25.9 Å². The topological polar surface area (TPSA) is 55.8 Å². The molecule has 1 fully saturated rings. The van der Waals surface area contributed by atoms with Crippen molar-refractivity contribution in [3.05, 3.63) is 64.2 Å². The molecule has 2 aromatic rings. The molecule has 0 amide bonds. The van der Waals surface area contributed by atoms with Crippen LogP contribution in [0.5, 0.6) is 5.75 Å². The number of aliphatic hydroxyl groups is 1. The third-order valence-corrected chi connectivity index (χ3v) is 7.71. The van der Waals surface area contributed by atoms with Crippen molar-refractivity contribution in [3.63, 3.8) is 0 Å². The molecule has 0 spiro atoms. The van der Waals surface area contributed by atoms with E-state index in [-0.39, 0.29) is 17.5 Å². The van der Waals surface area contributed by atoms with Gasteiger partial charge in [0.15, 0.2) is 0 Å². The maximum atomic E-state index is 11.3. The van der Waals surface area contributed by atoms with E-state index in [2.05, 4.69) is 69.9 Å². The number of ether oxygens (including phenoxy) is 2. The van der Waals surface area contributed by atoms with Crippen molar-refractivity contribution >= 4 is 5.97 Å². The smallest absolute Gasteiger partial charge is 0.306 e. The molecule has 35 heavy (non-hydrogen) atoms. The van der Waals surface area contributed by atoms with Gasteiger partial charge in [0, 0.05) is 17.4 Å². The lowest BCUT2D eigenvalue weighted by atomic mass is 9.70. The summed E-state index contributed by atoms with van der Waals surface area (Å²) in [7, 11) is 0. The van der Waals surface area contributed by atoms with Crippen LogP contribution in [0, 0.1) is 25.7 Å². The van der Waals surface area contributed by atoms with Gasteiger partial charge in [0.05, 0.1) is 0 Å². The highest BCUT2D eigenvalue weighted by molar-refractivity contribution is 5.71. The third kappa shape index (κ3) is 5.90. The Morgan fingerprint density at radius 2 is 1.60 bits per heavy atom. The first kappa shape index (κ1) is 26.8. The molecule has 3 rings (SSSR count). The Labute approximate surface area is 211 Å².